The molecule has 1 aliphatic rings. The van der Waals surface area contributed by atoms with Gasteiger partial charge in [0, 0.05) is 24.2 Å². The number of primary amides is 1. The lowest BCUT2D eigenvalue weighted by Gasteiger charge is -2.25. The number of rotatable bonds is 10. The highest BCUT2D eigenvalue weighted by molar-refractivity contribution is 5.93. The minimum atomic E-state index is -0.612. The standard InChI is InChI=1S/C27H28N6O4/c28-23(34)16-37-27-21-8-7-18(14-29-13-17-4-3-5-17)10-19(21)11-20(31-27)15-30-26(36)22-12-25(35)33-9-2-1-6-24(33)32-22/h1-2,6-12,17,29H,3-5,13-16H2,(H2,28,34)(H,30,36). The summed E-state index contributed by atoms with van der Waals surface area (Å²) in [7, 11) is 0. The molecule has 2 amide bonds. The van der Waals surface area contributed by atoms with Gasteiger partial charge in [-0.2, -0.15) is 0 Å². The van der Waals surface area contributed by atoms with Crippen LogP contribution in [-0.2, 0) is 17.9 Å². The van der Waals surface area contributed by atoms with Crippen molar-refractivity contribution in [2.45, 2.75) is 32.4 Å². The van der Waals surface area contributed by atoms with E-state index >= 15 is 0 Å². The minimum absolute atomic E-state index is 0.0158. The Labute approximate surface area is 212 Å². The predicted molar refractivity (Wildman–Crippen MR) is 138 cm³/mol. The number of nitrogens with two attached hydrogens (primary N) is 1. The van der Waals surface area contributed by atoms with E-state index < -0.39 is 11.8 Å². The van der Waals surface area contributed by atoms with Crippen LogP contribution in [0.15, 0.2) is 59.5 Å². The Balaban J connectivity index is 1.35. The highest BCUT2D eigenvalue weighted by Gasteiger charge is 2.17. The van der Waals surface area contributed by atoms with E-state index in [1.54, 1.807) is 24.4 Å². The van der Waals surface area contributed by atoms with Crippen LogP contribution in [0.25, 0.3) is 16.4 Å². The number of aromatic nitrogens is 3. The summed E-state index contributed by atoms with van der Waals surface area (Å²) >= 11 is 0. The lowest BCUT2D eigenvalue weighted by atomic mass is 9.85. The van der Waals surface area contributed by atoms with Gasteiger partial charge in [0.25, 0.3) is 17.4 Å². The van der Waals surface area contributed by atoms with E-state index in [9.17, 15) is 14.4 Å². The molecule has 10 heteroatoms. The molecule has 1 saturated carbocycles. The van der Waals surface area contributed by atoms with Gasteiger partial charge in [-0.25, -0.2) is 9.97 Å². The summed E-state index contributed by atoms with van der Waals surface area (Å²) in [5.74, 6) is -0.0864. The lowest BCUT2D eigenvalue weighted by Crippen LogP contribution is -2.27. The molecule has 1 aromatic carbocycles. The lowest BCUT2D eigenvalue weighted by molar-refractivity contribution is -0.120. The molecule has 0 spiro atoms. The quantitative estimate of drug-likeness (QED) is 0.302. The third-order valence-electron chi connectivity index (χ3n) is 6.49. The van der Waals surface area contributed by atoms with Crippen molar-refractivity contribution in [3.8, 4) is 5.88 Å². The van der Waals surface area contributed by atoms with Crippen LogP contribution < -0.4 is 26.7 Å². The predicted octanol–water partition coefficient (Wildman–Crippen LogP) is 1.93. The number of benzene rings is 1. The van der Waals surface area contributed by atoms with Gasteiger partial charge in [-0.3, -0.25) is 18.8 Å². The number of hydrogen-bond acceptors (Lipinski definition) is 7. The molecule has 1 fully saturated rings. The average Bonchev–Trinajstić information content (AvgIpc) is 2.87. The number of pyridine rings is 2. The zero-order valence-corrected chi connectivity index (χ0v) is 20.3. The maximum atomic E-state index is 12.8. The first-order valence-electron chi connectivity index (χ1n) is 12.3. The molecule has 4 aromatic rings. The molecule has 0 bridgehead atoms. The van der Waals surface area contributed by atoms with Crippen LogP contribution in [-0.4, -0.2) is 39.3 Å². The monoisotopic (exact) mass is 500 g/mol. The summed E-state index contributed by atoms with van der Waals surface area (Å²) in [6, 6.07) is 14.1. The topological polar surface area (TPSA) is 141 Å². The van der Waals surface area contributed by atoms with Gasteiger partial charge >= 0.3 is 0 Å². The summed E-state index contributed by atoms with van der Waals surface area (Å²) in [6.07, 6.45) is 5.48. The second kappa shape index (κ2) is 10.8. The number of carbonyl (C=O) groups is 2. The van der Waals surface area contributed by atoms with Crippen molar-refractivity contribution in [1.82, 2.24) is 25.0 Å². The van der Waals surface area contributed by atoms with Crippen LogP contribution in [0.4, 0.5) is 0 Å². The van der Waals surface area contributed by atoms with E-state index in [-0.39, 0.29) is 30.3 Å². The number of nitrogens with zero attached hydrogens (tertiary/aromatic N) is 3. The van der Waals surface area contributed by atoms with Gasteiger partial charge in [-0.05, 0) is 66.6 Å². The first-order valence-corrected chi connectivity index (χ1v) is 12.3. The summed E-state index contributed by atoms with van der Waals surface area (Å²) in [5.41, 5.74) is 6.94. The van der Waals surface area contributed by atoms with Gasteiger partial charge in [0.2, 0.25) is 5.88 Å². The minimum Gasteiger partial charge on any atom is -0.467 e. The second-order valence-corrected chi connectivity index (χ2v) is 9.25. The Bertz CT molecular complexity index is 1530. The normalized spacial score (nSPS) is 13.4. The molecule has 0 unspecified atom stereocenters. The Morgan fingerprint density at radius 3 is 2.73 bits per heavy atom. The Morgan fingerprint density at radius 2 is 1.95 bits per heavy atom. The summed E-state index contributed by atoms with van der Waals surface area (Å²) in [5, 5.41) is 7.88. The first kappa shape index (κ1) is 24.4. The molecule has 37 heavy (non-hydrogen) atoms. The molecule has 1 aliphatic carbocycles. The smallest absolute Gasteiger partial charge is 0.270 e. The van der Waals surface area contributed by atoms with Gasteiger partial charge in [0.15, 0.2) is 6.61 Å². The first-order chi connectivity index (χ1) is 18.0. The molecular formula is C27H28N6O4. The number of hydrogen-bond donors (Lipinski definition) is 3. The average molecular weight is 501 g/mol. The fourth-order valence-corrected chi connectivity index (χ4v) is 4.33. The van der Waals surface area contributed by atoms with Gasteiger partial charge in [0.1, 0.15) is 11.3 Å². The third-order valence-corrected chi connectivity index (χ3v) is 6.49. The molecule has 190 valence electrons. The molecule has 10 nitrogen and oxygen atoms in total. The van der Waals surface area contributed by atoms with Gasteiger partial charge < -0.3 is 21.1 Å². The number of amides is 2. The molecule has 3 heterocycles. The van der Waals surface area contributed by atoms with Crippen molar-refractivity contribution in [2.24, 2.45) is 11.7 Å². The van der Waals surface area contributed by atoms with Gasteiger partial charge in [-0.1, -0.05) is 18.6 Å². The van der Waals surface area contributed by atoms with E-state index in [2.05, 4.69) is 20.6 Å². The van der Waals surface area contributed by atoms with E-state index in [4.69, 9.17) is 10.5 Å². The summed E-state index contributed by atoms with van der Waals surface area (Å²) < 4.78 is 6.94. The molecular weight excluding hydrogens is 472 g/mol. The Morgan fingerprint density at radius 1 is 1.08 bits per heavy atom. The van der Waals surface area contributed by atoms with Crippen molar-refractivity contribution >= 4 is 28.2 Å². The zero-order chi connectivity index (χ0) is 25.8. The number of carbonyl (C=O) groups excluding carboxylic acids is 2. The Hall–Kier alpha value is -4.31. The summed E-state index contributed by atoms with van der Waals surface area (Å²) in [4.78, 5) is 45.2. The maximum Gasteiger partial charge on any atom is 0.270 e. The van der Waals surface area contributed by atoms with E-state index in [1.165, 1.54) is 29.7 Å². The van der Waals surface area contributed by atoms with Crippen molar-refractivity contribution in [1.29, 1.82) is 0 Å². The van der Waals surface area contributed by atoms with Gasteiger partial charge in [-0.15, -0.1) is 0 Å². The molecule has 0 atom stereocenters. The van der Waals surface area contributed by atoms with Crippen LogP contribution in [0.1, 0.15) is 41.0 Å². The molecule has 4 N–H and O–H groups in total. The van der Waals surface area contributed by atoms with Crippen LogP contribution in [0.5, 0.6) is 5.88 Å². The second-order valence-electron chi connectivity index (χ2n) is 9.25. The molecule has 0 aliphatic heterocycles. The SMILES string of the molecule is NC(=O)COc1nc(CNC(=O)c2cc(=O)n3ccccc3n2)cc2cc(CNCC3CCC3)ccc12. The van der Waals surface area contributed by atoms with E-state index in [1.807, 2.05) is 24.3 Å². The maximum absolute atomic E-state index is 12.8. The highest BCUT2D eigenvalue weighted by Crippen LogP contribution is 2.27. The summed E-state index contributed by atoms with van der Waals surface area (Å²) in [6.45, 7) is 1.50. The number of nitrogens with one attached hydrogen (secondary N) is 2. The zero-order valence-electron chi connectivity index (χ0n) is 20.3. The van der Waals surface area contributed by atoms with Crippen LogP contribution in [0, 0.1) is 5.92 Å². The third kappa shape index (κ3) is 5.75. The van der Waals surface area contributed by atoms with Crippen molar-refractivity contribution in [3.63, 3.8) is 0 Å². The fraction of sp³-hybridized carbons (Fsp3) is 0.296. The molecule has 5 rings (SSSR count). The van der Waals surface area contributed by atoms with Crippen LogP contribution >= 0.6 is 0 Å². The van der Waals surface area contributed by atoms with E-state index in [0.717, 1.165) is 35.3 Å². The van der Waals surface area contributed by atoms with Crippen LogP contribution in [0.2, 0.25) is 0 Å². The molecule has 0 radical (unpaired) electrons. The molecule has 0 saturated heterocycles. The number of fused-ring (bicyclic) bond motifs is 2. The largest absolute Gasteiger partial charge is 0.467 e. The number of ether oxygens (including phenoxy) is 1. The Kier molecular flexibility index (Phi) is 7.09. The fourth-order valence-electron chi connectivity index (χ4n) is 4.33. The van der Waals surface area contributed by atoms with Gasteiger partial charge in [0.05, 0.1) is 12.2 Å². The van der Waals surface area contributed by atoms with Crippen LogP contribution in [0.3, 0.4) is 0 Å². The van der Waals surface area contributed by atoms with Crippen molar-refractivity contribution < 1.29 is 14.3 Å². The van der Waals surface area contributed by atoms with Crippen molar-refractivity contribution in [3.05, 3.63) is 82.0 Å². The van der Waals surface area contributed by atoms with E-state index in [0.29, 0.717) is 11.3 Å². The molecule has 3 aromatic heterocycles. The van der Waals surface area contributed by atoms with Crippen molar-refractivity contribution in [2.75, 3.05) is 13.2 Å². The highest BCUT2D eigenvalue weighted by atomic mass is 16.5.